The molecule has 0 unspecified atom stereocenters. The molecule has 3 aromatic carbocycles. The normalized spacial score (nSPS) is 15.7. The zero-order valence-corrected chi connectivity index (χ0v) is 21.4. The molecule has 204 valence electrons. The zero-order chi connectivity index (χ0) is 27.0. The van der Waals surface area contributed by atoms with Crippen LogP contribution >= 0.6 is 12.4 Å². The Morgan fingerprint density at radius 3 is 2.28 bits per heavy atom. The predicted octanol–water partition coefficient (Wildman–Crippen LogP) is 6.76. The third-order valence-electron chi connectivity index (χ3n) is 6.51. The Hall–Kier alpha value is -3.99. The van der Waals surface area contributed by atoms with E-state index >= 15 is 0 Å². The molecule has 1 fully saturated rings. The fourth-order valence-corrected chi connectivity index (χ4v) is 4.58. The van der Waals surface area contributed by atoms with Crippen molar-refractivity contribution in [2.24, 2.45) is 0 Å². The number of carbonyl (C=O) groups is 1. The summed E-state index contributed by atoms with van der Waals surface area (Å²) in [7, 11) is 0. The maximum atomic E-state index is 14.0. The fraction of sp³-hybridized carbons (Fsp3) is 0.222. The fourth-order valence-electron chi connectivity index (χ4n) is 4.58. The number of nitrogens with zero attached hydrogens (tertiary/aromatic N) is 4. The van der Waals surface area contributed by atoms with Crippen molar-refractivity contribution in [3.8, 4) is 11.3 Å². The molecule has 1 aromatic heterocycles. The summed E-state index contributed by atoms with van der Waals surface area (Å²) >= 11 is 0. The van der Waals surface area contributed by atoms with Gasteiger partial charge < -0.3 is 15.1 Å². The van der Waals surface area contributed by atoms with Gasteiger partial charge in [-0.15, -0.1) is 22.6 Å². The third-order valence-corrected chi connectivity index (χ3v) is 6.51. The molecule has 6 nitrogen and oxygen atoms in total. The van der Waals surface area contributed by atoms with Gasteiger partial charge in [-0.3, -0.25) is 0 Å². The molecule has 1 atom stereocenters. The minimum absolute atomic E-state index is 0. The Labute approximate surface area is 226 Å². The molecule has 1 saturated heterocycles. The van der Waals surface area contributed by atoms with Gasteiger partial charge in [0.1, 0.15) is 17.3 Å². The number of halogens is 6. The lowest BCUT2D eigenvalue weighted by Crippen LogP contribution is -2.55. The smallest absolute Gasteiger partial charge is 0.351 e. The van der Waals surface area contributed by atoms with E-state index < -0.39 is 29.4 Å². The van der Waals surface area contributed by atoms with Crippen molar-refractivity contribution in [3.63, 3.8) is 0 Å². The Kier molecular flexibility index (Phi) is 7.91. The molecule has 0 bridgehead atoms. The van der Waals surface area contributed by atoms with E-state index in [9.17, 15) is 26.7 Å². The number of benzene rings is 3. The van der Waals surface area contributed by atoms with Crippen molar-refractivity contribution in [1.29, 1.82) is 0 Å². The summed E-state index contributed by atoms with van der Waals surface area (Å²) in [6, 6.07) is 14.3. The number of hydrogen-bond acceptors (Lipinski definition) is 4. The van der Waals surface area contributed by atoms with Crippen LogP contribution in [0.25, 0.3) is 22.0 Å². The van der Waals surface area contributed by atoms with E-state index in [1.165, 1.54) is 18.2 Å². The SMILES string of the molecule is C[C@H]1CN(c2nnc(-c3ccc(C(F)(F)F)cc3)c3ccccc23)CCN1C(=O)Nc1ccc(F)cc1F.Cl. The Balaban J connectivity index is 0.00000353. The molecule has 0 saturated carbocycles. The number of aromatic nitrogens is 2. The number of carbonyl (C=O) groups excluding carboxylic acids is 1. The van der Waals surface area contributed by atoms with Crippen molar-refractivity contribution in [2.45, 2.75) is 19.1 Å². The second-order valence-electron chi connectivity index (χ2n) is 9.04. The molecule has 2 amide bonds. The van der Waals surface area contributed by atoms with Gasteiger partial charge in [0, 0.05) is 48.1 Å². The summed E-state index contributed by atoms with van der Waals surface area (Å²) in [5.41, 5.74) is 0.122. The highest BCUT2D eigenvalue weighted by molar-refractivity contribution is 6.00. The quantitative estimate of drug-likeness (QED) is 0.280. The monoisotopic (exact) mass is 563 g/mol. The van der Waals surface area contributed by atoms with Crippen LogP contribution in [-0.4, -0.2) is 46.8 Å². The highest BCUT2D eigenvalue weighted by Crippen LogP contribution is 2.35. The number of rotatable bonds is 3. The molecular formula is C27H23ClF5N5O. The van der Waals surface area contributed by atoms with Crippen LogP contribution in [0.4, 0.5) is 38.3 Å². The number of fused-ring (bicyclic) bond motifs is 1. The van der Waals surface area contributed by atoms with Crippen LogP contribution in [0.1, 0.15) is 12.5 Å². The first-order valence-corrected chi connectivity index (χ1v) is 11.8. The van der Waals surface area contributed by atoms with Crippen molar-refractivity contribution in [2.75, 3.05) is 29.9 Å². The summed E-state index contributed by atoms with van der Waals surface area (Å²) < 4.78 is 66.1. The molecule has 1 aliphatic rings. The van der Waals surface area contributed by atoms with Gasteiger partial charge in [0.2, 0.25) is 0 Å². The van der Waals surface area contributed by atoms with Gasteiger partial charge in [0.25, 0.3) is 0 Å². The van der Waals surface area contributed by atoms with Crippen LogP contribution in [0.2, 0.25) is 0 Å². The largest absolute Gasteiger partial charge is 0.416 e. The van der Waals surface area contributed by atoms with E-state index in [1.807, 2.05) is 36.1 Å². The summed E-state index contributed by atoms with van der Waals surface area (Å²) in [5.74, 6) is -1.01. The molecule has 2 heterocycles. The van der Waals surface area contributed by atoms with Gasteiger partial charge >= 0.3 is 12.2 Å². The summed E-state index contributed by atoms with van der Waals surface area (Å²) in [4.78, 5) is 16.3. The van der Waals surface area contributed by atoms with E-state index in [4.69, 9.17) is 0 Å². The molecule has 0 radical (unpaired) electrons. The number of hydrogen-bond donors (Lipinski definition) is 1. The third kappa shape index (κ3) is 5.73. The lowest BCUT2D eigenvalue weighted by Gasteiger charge is -2.40. The second-order valence-corrected chi connectivity index (χ2v) is 9.04. The highest BCUT2D eigenvalue weighted by atomic mass is 35.5. The van der Waals surface area contributed by atoms with E-state index in [2.05, 4.69) is 15.5 Å². The zero-order valence-electron chi connectivity index (χ0n) is 20.5. The Bertz CT molecular complexity index is 1500. The number of alkyl halides is 3. The molecule has 4 aromatic rings. The van der Waals surface area contributed by atoms with E-state index in [1.54, 1.807) is 4.90 Å². The van der Waals surface area contributed by atoms with Gasteiger partial charge in [-0.05, 0) is 31.2 Å². The lowest BCUT2D eigenvalue weighted by atomic mass is 10.0. The number of amides is 2. The first kappa shape index (κ1) is 28.0. The predicted molar refractivity (Wildman–Crippen MR) is 141 cm³/mol. The first-order valence-electron chi connectivity index (χ1n) is 11.8. The van der Waals surface area contributed by atoms with Gasteiger partial charge in [0.15, 0.2) is 5.82 Å². The average Bonchev–Trinajstić information content (AvgIpc) is 2.89. The average molecular weight is 564 g/mol. The molecule has 39 heavy (non-hydrogen) atoms. The molecule has 1 aliphatic heterocycles. The minimum Gasteiger partial charge on any atom is -0.351 e. The van der Waals surface area contributed by atoms with Gasteiger partial charge in [-0.2, -0.15) is 13.2 Å². The molecule has 12 heteroatoms. The summed E-state index contributed by atoms with van der Waals surface area (Å²) in [6.45, 7) is 2.99. The molecule has 5 rings (SSSR count). The van der Waals surface area contributed by atoms with E-state index in [-0.39, 0.29) is 24.1 Å². The van der Waals surface area contributed by atoms with Crippen LogP contribution in [0.5, 0.6) is 0 Å². The van der Waals surface area contributed by atoms with Crippen LogP contribution in [0, 0.1) is 11.6 Å². The Morgan fingerprint density at radius 1 is 0.949 bits per heavy atom. The van der Waals surface area contributed by atoms with Crippen molar-refractivity contribution in [1.82, 2.24) is 15.1 Å². The molecular weight excluding hydrogens is 541 g/mol. The number of nitrogens with one attached hydrogen (secondary N) is 1. The number of piperazine rings is 1. The first-order chi connectivity index (χ1) is 18.1. The topological polar surface area (TPSA) is 61.4 Å². The Morgan fingerprint density at radius 2 is 1.64 bits per heavy atom. The molecule has 0 spiro atoms. The van der Waals surface area contributed by atoms with E-state index in [0.29, 0.717) is 42.8 Å². The van der Waals surface area contributed by atoms with Crippen LogP contribution in [0.15, 0.2) is 66.7 Å². The second kappa shape index (κ2) is 11.0. The number of anilines is 2. The van der Waals surface area contributed by atoms with Crippen molar-refractivity contribution in [3.05, 3.63) is 83.9 Å². The van der Waals surface area contributed by atoms with Crippen molar-refractivity contribution >= 4 is 40.7 Å². The maximum absolute atomic E-state index is 14.0. The molecule has 0 aliphatic carbocycles. The van der Waals surface area contributed by atoms with Gasteiger partial charge in [-0.1, -0.05) is 36.4 Å². The van der Waals surface area contributed by atoms with Gasteiger partial charge in [0.05, 0.1) is 11.3 Å². The van der Waals surface area contributed by atoms with Gasteiger partial charge in [-0.25, -0.2) is 13.6 Å². The number of urea groups is 1. The van der Waals surface area contributed by atoms with Crippen LogP contribution in [0.3, 0.4) is 0 Å². The van der Waals surface area contributed by atoms with Crippen molar-refractivity contribution < 1.29 is 26.7 Å². The standard InChI is InChI=1S/C27H22F5N5O.ClH/c1-16-15-36(12-13-37(16)26(38)33-23-11-10-19(28)14-22(23)29)25-21-5-3-2-4-20(21)24(34-35-25)17-6-8-18(9-7-17)27(30,31)32;/h2-11,14,16H,12-13,15H2,1H3,(H,33,38);1H/t16-;/m0./s1. The van der Waals surface area contributed by atoms with Crippen LogP contribution in [-0.2, 0) is 6.18 Å². The summed E-state index contributed by atoms with van der Waals surface area (Å²) in [6.07, 6.45) is -4.43. The molecule has 1 N–H and O–H groups in total. The highest BCUT2D eigenvalue weighted by Gasteiger charge is 2.31. The van der Waals surface area contributed by atoms with E-state index in [0.717, 1.165) is 29.0 Å². The summed E-state index contributed by atoms with van der Waals surface area (Å²) in [5, 5.41) is 12.8. The maximum Gasteiger partial charge on any atom is 0.416 e. The minimum atomic E-state index is -4.43. The van der Waals surface area contributed by atoms with Crippen LogP contribution < -0.4 is 10.2 Å². The lowest BCUT2D eigenvalue weighted by molar-refractivity contribution is -0.137.